The van der Waals surface area contributed by atoms with E-state index in [0.717, 1.165) is 4.68 Å². The van der Waals surface area contributed by atoms with Gasteiger partial charge < -0.3 is 25.5 Å². The van der Waals surface area contributed by atoms with Crippen molar-refractivity contribution in [3.63, 3.8) is 0 Å². The highest BCUT2D eigenvalue weighted by Crippen LogP contribution is 2.27. The predicted octanol–water partition coefficient (Wildman–Crippen LogP) is -0.414. The lowest BCUT2D eigenvalue weighted by atomic mass is 10.2. The van der Waals surface area contributed by atoms with Crippen LogP contribution in [0.5, 0.6) is 11.5 Å². The molecule has 10 nitrogen and oxygen atoms in total. The van der Waals surface area contributed by atoms with E-state index in [1.165, 1.54) is 31.4 Å². The van der Waals surface area contributed by atoms with Gasteiger partial charge in [-0.15, -0.1) is 0 Å². The van der Waals surface area contributed by atoms with Crippen molar-refractivity contribution in [3.05, 3.63) is 44.6 Å². The number of carbonyl (C=O) groups excluding carboxylic acids is 1. The molecule has 4 N–H and O–H groups in total. The van der Waals surface area contributed by atoms with Crippen molar-refractivity contribution < 1.29 is 14.3 Å². The molecule has 1 aromatic heterocycles. The molecule has 0 aliphatic rings. The van der Waals surface area contributed by atoms with Crippen LogP contribution in [0.4, 0.5) is 11.5 Å². The van der Waals surface area contributed by atoms with Crippen LogP contribution in [0.15, 0.2) is 27.8 Å². The van der Waals surface area contributed by atoms with Gasteiger partial charge in [-0.3, -0.25) is 14.6 Å². The molecule has 0 radical (unpaired) electrons. The summed E-state index contributed by atoms with van der Waals surface area (Å²) in [7, 11) is 6.05. The van der Waals surface area contributed by atoms with Crippen LogP contribution in [0.2, 0.25) is 0 Å². The van der Waals surface area contributed by atoms with Crippen molar-refractivity contribution in [2.75, 3.05) is 44.4 Å². The number of aromatic amines is 1. The second kappa shape index (κ2) is 6.99. The Morgan fingerprint density at radius 2 is 1.84 bits per heavy atom. The molecule has 1 amide bonds. The van der Waals surface area contributed by atoms with Gasteiger partial charge in [0.2, 0.25) is 0 Å². The van der Waals surface area contributed by atoms with Gasteiger partial charge in [0.1, 0.15) is 0 Å². The Morgan fingerprint density at radius 3 is 2.40 bits per heavy atom. The number of aromatic nitrogens is 2. The van der Waals surface area contributed by atoms with Crippen LogP contribution in [-0.2, 0) is 0 Å². The molecule has 0 bridgehead atoms. The molecule has 2 rings (SSSR count). The first-order valence-electron chi connectivity index (χ1n) is 7.16. The summed E-state index contributed by atoms with van der Waals surface area (Å²) in [6.45, 7) is 0. The lowest BCUT2D eigenvalue weighted by Crippen LogP contribution is -2.43. The lowest BCUT2D eigenvalue weighted by molar-refractivity contribution is 0.102. The number of amides is 1. The summed E-state index contributed by atoms with van der Waals surface area (Å²) in [5.74, 6) is 0.0301. The molecule has 1 aromatic carbocycles. The third kappa shape index (κ3) is 3.42. The molecular weight excluding hydrogens is 330 g/mol. The van der Waals surface area contributed by atoms with Crippen LogP contribution in [0.1, 0.15) is 10.4 Å². The van der Waals surface area contributed by atoms with E-state index in [-0.39, 0.29) is 17.1 Å². The number of rotatable bonds is 5. The van der Waals surface area contributed by atoms with Crippen LogP contribution in [0.25, 0.3) is 0 Å². The summed E-state index contributed by atoms with van der Waals surface area (Å²) >= 11 is 0. The highest BCUT2D eigenvalue weighted by molar-refractivity contribution is 6.05. The molecule has 1 heterocycles. The molecule has 0 saturated heterocycles. The fraction of sp³-hybridized carbons (Fsp3) is 0.267. The third-order valence-corrected chi connectivity index (χ3v) is 3.41. The molecule has 0 aliphatic heterocycles. The number of nitrogens with zero attached hydrogens (tertiary/aromatic N) is 2. The van der Waals surface area contributed by atoms with Gasteiger partial charge in [0.25, 0.3) is 11.5 Å². The summed E-state index contributed by atoms with van der Waals surface area (Å²) < 4.78 is 11.3. The summed E-state index contributed by atoms with van der Waals surface area (Å²) in [6, 6.07) is 4.52. The van der Waals surface area contributed by atoms with Crippen LogP contribution < -0.4 is 36.8 Å². The first-order chi connectivity index (χ1) is 11.8. The minimum absolute atomic E-state index is 0.187. The molecule has 0 spiro atoms. The predicted molar refractivity (Wildman–Crippen MR) is 93.3 cm³/mol. The summed E-state index contributed by atoms with van der Waals surface area (Å²) in [4.78, 5) is 38.3. The zero-order valence-corrected chi connectivity index (χ0v) is 14.2. The maximum absolute atomic E-state index is 12.4. The molecule has 10 heteroatoms. The van der Waals surface area contributed by atoms with E-state index in [1.54, 1.807) is 20.2 Å². The number of hydrogen-bond donors (Lipinski definition) is 3. The average Bonchev–Trinajstić information content (AvgIpc) is 2.57. The van der Waals surface area contributed by atoms with E-state index in [0.29, 0.717) is 11.5 Å². The van der Waals surface area contributed by atoms with E-state index in [1.807, 2.05) is 0 Å². The van der Waals surface area contributed by atoms with Gasteiger partial charge in [0.05, 0.1) is 14.2 Å². The Balaban J connectivity index is 2.44. The summed E-state index contributed by atoms with van der Waals surface area (Å²) in [6.07, 6.45) is 0. The van der Waals surface area contributed by atoms with Crippen molar-refractivity contribution >= 4 is 17.4 Å². The van der Waals surface area contributed by atoms with Crippen LogP contribution in [0, 0.1) is 0 Å². The smallest absolute Gasteiger partial charge is 0.349 e. The summed E-state index contributed by atoms with van der Waals surface area (Å²) in [5.41, 5.74) is 4.34. The molecule has 0 atom stereocenters. The fourth-order valence-corrected chi connectivity index (χ4v) is 2.23. The number of ether oxygens (including phenoxy) is 2. The van der Waals surface area contributed by atoms with Crippen molar-refractivity contribution in [1.82, 2.24) is 9.66 Å². The van der Waals surface area contributed by atoms with Crippen molar-refractivity contribution in [2.45, 2.75) is 0 Å². The number of H-pyrrole nitrogens is 1. The van der Waals surface area contributed by atoms with Gasteiger partial charge in [-0.2, -0.15) is 4.68 Å². The number of hydrogen-bond acceptors (Lipinski definition) is 7. The topological polar surface area (TPSA) is 132 Å². The zero-order chi connectivity index (χ0) is 18.7. The average molecular weight is 349 g/mol. The standard InChI is InChI=1S/C15H19N5O5/c1-19(2)20-12(16)11(14(22)18-15(20)23)17-13(21)8-5-6-9(24-3)10(7-8)25-4/h5-7H,16H2,1-4H3,(H,17,21)(H,18,22,23). The largest absolute Gasteiger partial charge is 0.493 e. The highest BCUT2D eigenvalue weighted by Gasteiger charge is 2.18. The normalized spacial score (nSPS) is 10.2. The minimum Gasteiger partial charge on any atom is -0.493 e. The molecular formula is C15H19N5O5. The summed E-state index contributed by atoms with van der Waals surface area (Å²) in [5, 5.41) is 3.79. The van der Waals surface area contributed by atoms with Crippen molar-refractivity contribution in [3.8, 4) is 11.5 Å². The molecule has 0 saturated carbocycles. The number of nitrogens with one attached hydrogen (secondary N) is 2. The Bertz CT molecular complexity index is 916. The van der Waals surface area contributed by atoms with Gasteiger partial charge in [-0.1, -0.05) is 0 Å². The molecule has 2 aromatic rings. The highest BCUT2D eigenvalue weighted by atomic mass is 16.5. The lowest BCUT2D eigenvalue weighted by Gasteiger charge is -2.19. The Morgan fingerprint density at radius 1 is 1.20 bits per heavy atom. The zero-order valence-electron chi connectivity index (χ0n) is 14.2. The maximum Gasteiger partial charge on any atom is 0.349 e. The van der Waals surface area contributed by atoms with Gasteiger partial charge in [-0.05, 0) is 18.2 Å². The second-order valence-corrected chi connectivity index (χ2v) is 5.20. The van der Waals surface area contributed by atoms with E-state index in [4.69, 9.17) is 15.2 Å². The molecule has 25 heavy (non-hydrogen) atoms. The molecule has 0 unspecified atom stereocenters. The van der Waals surface area contributed by atoms with Crippen molar-refractivity contribution in [1.29, 1.82) is 0 Å². The molecule has 0 aliphatic carbocycles. The Labute approximate surface area is 142 Å². The third-order valence-electron chi connectivity index (χ3n) is 3.41. The van der Waals surface area contributed by atoms with Gasteiger partial charge in [-0.25, -0.2) is 4.79 Å². The van der Waals surface area contributed by atoms with E-state index >= 15 is 0 Å². The molecule has 0 fully saturated rings. The van der Waals surface area contributed by atoms with Crippen LogP contribution >= 0.6 is 0 Å². The molecule has 134 valence electrons. The van der Waals surface area contributed by atoms with Gasteiger partial charge in [0, 0.05) is 19.7 Å². The van der Waals surface area contributed by atoms with Crippen molar-refractivity contribution in [2.24, 2.45) is 0 Å². The maximum atomic E-state index is 12.4. The fourth-order valence-electron chi connectivity index (χ4n) is 2.23. The first-order valence-corrected chi connectivity index (χ1v) is 7.16. The monoisotopic (exact) mass is 349 g/mol. The van der Waals surface area contributed by atoms with Gasteiger partial charge >= 0.3 is 5.69 Å². The number of anilines is 2. The van der Waals surface area contributed by atoms with Gasteiger partial charge in [0.15, 0.2) is 23.0 Å². The van der Waals surface area contributed by atoms with Crippen LogP contribution in [-0.4, -0.2) is 43.9 Å². The SMILES string of the molecule is COc1ccc(C(=O)Nc2c(N)n(N(C)C)c(=O)[nH]c2=O)cc1OC. The quantitative estimate of drug-likeness (QED) is 0.668. The van der Waals surface area contributed by atoms with E-state index in [2.05, 4.69) is 10.3 Å². The number of benzene rings is 1. The first kappa shape index (κ1) is 17.9. The number of nitrogens with two attached hydrogens (primary N) is 1. The number of methoxy groups -OCH3 is 2. The van der Waals surface area contributed by atoms with E-state index in [9.17, 15) is 14.4 Å². The number of nitrogen functional groups attached to an aromatic ring is 1. The van der Waals surface area contributed by atoms with E-state index < -0.39 is 17.2 Å². The minimum atomic E-state index is -0.797. The number of carbonyl (C=O) groups is 1. The Kier molecular flexibility index (Phi) is 5.01. The second-order valence-electron chi connectivity index (χ2n) is 5.20. The van der Waals surface area contributed by atoms with Crippen LogP contribution in [0.3, 0.4) is 0 Å². The Hall–Kier alpha value is -3.43.